The van der Waals surface area contributed by atoms with Gasteiger partial charge in [-0.15, -0.1) is 0 Å². The molecule has 1 amide bonds. The number of carbonyl (C=O) groups excluding carboxylic acids is 1. The summed E-state index contributed by atoms with van der Waals surface area (Å²) >= 11 is 0. The Morgan fingerprint density at radius 1 is 1.37 bits per heavy atom. The first-order valence-electron chi connectivity index (χ1n) is 6.80. The van der Waals surface area contributed by atoms with Crippen molar-refractivity contribution in [2.24, 2.45) is 5.92 Å². The maximum atomic E-state index is 11.9. The number of amides is 1. The monoisotopic (exact) mass is 262 g/mol. The van der Waals surface area contributed by atoms with Gasteiger partial charge in [-0.1, -0.05) is 6.07 Å². The Morgan fingerprint density at radius 3 is 3.00 bits per heavy atom. The molecule has 0 aromatic carbocycles. The number of ether oxygens (including phenoxy) is 1. The third-order valence-corrected chi connectivity index (χ3v) is 4.01. The molecule has 5 nitrogen and oxygen atoms in total. The van der Waals surface area contributed by atoms with E-state index in [-0.39, 0.29) is 17.6 Å². The van der Waals surface area contributed by atoms with Gasteiger partial charge in [0.05, 0.1) is 6.61 Å². The van der Waals surface area contributed by atoms with Crippen molar-refractivity contribution >= 4 is 6.09 Å². The van der Waals surface area contributed by atoms with E-state index in [0.717, 1.165) is 12.1 Å². The molecule has 1 aromatic heterocycles. The van der Waals surface area contributed by atoms with E-state index in [1.807, 2.05) is 17.6 Å². The molecule has 2 aliphatic rings. The highest BCUT2D eigenvalue weighted by Crippen LogP contribution is 2.34. The van der Waals surface area contributed by atoms with Crippen LogP contribution in [0.15, 0.2) is 23.0 Å². The van der Waals surface area contributed by atoms with Gasteiger partial charge in [0.25, 0.3) is 5.56 Å². The van der Waals surface area contributed by atoms with Gasteiger partial charge in [-0.05, 0) is 25.3 Å². The second-order valence-electron chi connectivity index (χ2n) is 5.30. The van der Waals surface area contributed by atoms with E-state index in [1.165, 1.54) is 0 Å². The van der Waals surface area contributed by atoms with Crippen LogP contribution < -0.4 is 5.56 Å². The molecule has 19 heavy (non-hydrogen) atoms. The summed E-state index contributed by atoms with van der Waals surface area (Å²) in [5, 5.41) is 0. The van der Waals surface area contributed by atoms with E-state index in [0.29, 0.717) is 32.2 Å². The molecule has 102 valence electrons. The number of nitrogens with zero attached hydrogens (tertiary/aromatic N) is 2. The van der Waals surface area contributed by atoms with Crippen molar-refractivity contribution in [3.63, 3.8) is 0 Å². The van der Waals surface area contributed by atoms with Crippen LogP contribution in [-0.2, 0) is 11.3 Å². The maximum absolute atomic E-state index is 11.9. The van der Waals surface area contributed by atoms with Crippen molar-refractivity contribution in [2.75, 3.05) is 19.7 Å². The van der Waals surface area contributed by atoms with Crippen molar-refractivity contribution in [2.45, 2.75) is 25.8 Å². The van der Waals surface area contributed by atoms with Crippen LogP contribution >= 0.6 is 0 Å². The van der Waals surface area contributed by atoms with Crippen LogP contribution in [0.5, 0.6) is 0 Å². The third kappa shape index (κ3) is 2.13. The molecule has 5 heteroatoms. The van der Waals surface area contributed by atoms with E-state index >= 15 is 0 Å². The Bertz CT molecular complexity index is 552. The highest BCUT2D eigenvalue weighted by atomic mass is 16.6. The largest absolute Gasteiger partial charge is 0.450 e. The predicted octanol–water partition coefficient (Wildman–Crippen LogP) is 1.42. The fourth-order valence-corrected chi connectivity index (χ4v) is 3.26. The number of likely N-dealkylation sites (tertiary alicyclic amines) is 1. The number of aromatic nitrogens is 1. The Kier molecular flexibility index (Phi) is 3.05. The standard InChI is InChI=1S/C14H18N2O3/c1-2-19-14(18)15-7-10-6-11(9-15)12-4-3-5-13(17)16(12)8-10/h3-5,10-11H,2,6-9H2,1H3/t10-,11+/m0/s1. The van der Waals surface area contributed by atoms with Gasteiger partial charge in [-0.25, -0.2) is 4.79 Å². The molecule has 0 unspecified atom stereocenters. The summed E-state index contributed by atoms with van der Waals surface area (Å²) in [4.78, 5) is 25.5. The highest BCUT2D eigenvalue weighted by molar-refractivity contribution is 5.67. The van der Waals surface area contributed by atoms with Crippen LogP contribution in [-0.4, -0.2) is 35.3 Å². The SMILES string of the molecule is CCOC(=O)N1C[C@@H]2C[C@H](C1)c1cccc(=O)n1C2. The van der Waals surface area contributed by atoms with Crippen LogP contribution in [0.4, 0.5) is 4.79 Å². The van der Waals surface area contributed by atoms with E-state index in [4.69, 9.17) is 4.74 Å². The number of fused-ring (bicyclic) bond motifs is 4. The molecule has 1 saturated heterocycles. The molecule has 0 radical (unpaired) electrons. The van der Waals surface area contributed by atoms with Crippen LogP contribution in [0.25, 0.3) is 0 Å². The zero-order valence-electron chi connectivity index (χ0n) is 11.0. The van der Waals surface area contributed by atoms with E-state index in [1.54, 1.807) is 17.0 Å². The van der Waals surface area contributed by atoms with E-state index < -0.39 is 0 Å². The van der Waals surface area contributed by atoms with Gasteiger partial charge < -0.3 is 14.2 Å². The van der Waals surface area contributed by atoms with E-state index in [9.17, 15) is 9.59 Å². The lowest BCUT2D eigenvalue weighted by Crippen LogP contribution is -2.49. The molecule has 3 rings (SSSR count). The Balaban J connectivity index is 1.88. The minimum Gasteiger partial charge on any atom is -0.450 e. The van der Waals surface area contributed by atoms with Gasteiger partial charge in [0, 0.05) is 37.3 Å². The summed E-state index contributed by atoms with van der Waals surface area (Å²) in [5.41, 5.74) is 1.12. The minimum atomic E-state index is -0.232. The molecule has 0 N–H and O–H groups in total. The molecule has 3 heterocycles. The fraction of sp³-hybridized carbons (Fsp3) is 0.571. The highest BCUT2D eigenvalue weighted by Gasteiger charge is 2.36. The Morgan fingerprint density at radius 2 is 2.21 bits per heavy atom. The quantitative estimate of drug-likeness (QED) is 0.769. The fourth-order valence-electron chi connectivity index (χ4n) is 3.26. The van der Waals surface area contributed by atoms with Crippen molar-refractivity contribution < 1.29 is 9.53 Å². The molecule has 0 saturated carbocycles. The number of piperidine rings is 1. The van der Waals surface area contributed by atoms with Crippen LogP contribution in [0.3, 0.4) is 0 Å². The average molecular weight is 262 g/mol. The first kappa shape index (κ1) is 12.3. The predicted molar refractivity (Wildman–Crippen MR) is 70.1 cm³/mol. The van der Waals surface area contributed by atoms with Gasteiger partial charge in [-0.2, -0.15) is 0 Å². The summed E-state index contributed by atoms with van der Waals surface area (Å²) in [7, 11) is 0. The first-order chi connectivity index (χ1) is 9.19. The van der Waals surface area contributed by atoms with Crippen LogP contribution in [0.1, 0.15) is 25.0 Å². The smallest absolute Gasteiger partial charge is 0.409 e. The molecule has 0 aliphatic carbocycles. The van der Waals surface area contributed by atoms with Gasteiger partial charge in [0.1, 0.15) is 0 Å². The Labute approximate surface area is 111 Å². The van der Waals surface area contributed by atoms with Crippen molar-refractivity contribution in [1.82, 2.24) is 9.47 Å². The molecule has 2 aliphatic heterocycles. The van der Waals surface area contributed by atoms with Crippen LogP contribution in [0.2, 0.25) is 0 Å². The summed E-state index contributed by atoms with van der Waals surface area (Å²) in [5.74, 6) is 0.613. The average Bonchev–Trinajstić information content (AvgIpc) is 2.40. The van der Waals surface area contributed by atoms with Gasteiger partial charge in [0.2, 0.25) is 0 Å². The number of hydrogen-bond acceptors (Lipinski definition) is 3. The second kappa shape index (κ2) is 4.72. The maximum Gasteiger partial charge on any atom is 0.409 e. The minimum absolute atomic E-state index is 0.0665. The third-order valence-electron chi connectivity index (χ3n) is 4.01. The number of hydrogen-bond donors (Lipinski definition) is 0. The zero-order valence-corrected chi connectivity index (χ0v) is 11.0. The summed E-state index contributed by atoms with van der Waals surface area (Å²) in [6.45, 7) is 4.27. The molecule has 1 fully saturated rings. The topological polar surface area (TPSA) is 51.5 Å². The normalized spacial score (nSPS) is 24.8. The van der Waals surface area contributed by atoms with E-state index in [2.05, 4.69) is 0 Å². The van der Waals surface area contributed by atoms with Gasteiger partial charge >= 0.3 is 6.09 Å². The molecule has 2 atom stereocenters. The second-order valence-corrected chi connectivity index (χ2v) is 5.30. The lowest BCUT2D eigenvalue weighted by atomic mass is 9.83. The first-order valence-corrected chi connectivity index (χ1v) is 6.80. The zero-order chi connectivity index (χ0) is 13.4. The number of pyridine rings is 1. The summed E-state index contributed by atoms with van der Waals surface area (Å²) in [6, 6.07) is 5.41. The molecule has 0 spiro atoms. The summed E-state index contributed by atoms with van der Waals surface area (Å²) in [6.07, 6.45) is 0.822. The van der Waals surface area contributed by atoms with Gasteiger partial charge in [-0.3, -0.25) is 4.79 Å². The van der Waals surface area contributed by atoms with Crippen molar-refractivity contribution in [1.29, 1.82) is 0 Å². The van der Waals surface area contributed by atoms with Gasteiger partial charge in [0.15, 0.2) is 0 Å². The Hall–Kier alpha value is -1.78. The van der Waals surface area contributed by atoms with Crippen LogP contribution in [0, 0.1) is 5.92 Å². The number of rotatable bonds is 1. The lowest BCUT2D eigenvalue weighted by molar-refractivity contribution is 0.0721. The van der Waals surface area contributed by atoms with Crippen molar-refractivity contribution in [3.8, 4) is 0 Å². The van der Waals surface area contributed by atoms with Crippen molar-refractivity contribution in [3.05, 3.63) is 34.2 Å². The molecular formula is C14H18N2O3. The number of carbonyl (C=O) groups is 1. The molecular weight excluding hydrogens is 244 g/mol. The summed E-state index contributed by atoms with van der Waals surface area (Å²) < 4.78 is 6.94. The molecule has 2 bridgehead atoms. The lowest BCUT2D eigenvalue weighted by Gasteiger charge is -2.42. The molecule has 1 aromatic rings.